The third kappa shape index (κ3) is 4.50. The fourth-order valence-corrected chi connectivity index (χ4v) is 3.45. The van der Waals surface area contributed by atoms with Gasteiger partial charge in [0.25, 0.3) is 0 Å². The average molecular weight is 325 g/mol. The molecule has 0 saturated carbocycles. The van der Waals surface area contributed by atoms with Crippen LogP contribution in [0.3, 0.4) is 0 Å². The van der Waals surface area contributed by atoms with Gasteiger partial charge in [0.15, 0.2) is 5.82 Å². The van der Waals surface area contributed by atoms with Crippen LogP contribution in [0.2, 0.25) is 0 Å². The standard InChI is InChI=1S/C16H27N3O4/c1-16(2)11-19(8-13(22-16)10-20-3)9-14-17-15(23-18-14)12-4-6-21-7-5-12/h12-13H,4-11H2,1-3H3. The van der Waals surface area contributed by atoms with E-state index in [-0.39, 0.29) is 11.7 Å². The van der Waals surface area contributed by atoms with E-state index in [2.05, 4.69) is 28.9 Å². The van der Waals surface area contributed by atoms with Crippen LogP contribution in [0.5, 0.6) is 0 Å². The molecule has 3 rings (SSSR count). The Balaban J connectivity index is 1.60. The molecule has 1 aromatic rings. The van der Waals surface area contributed by atoms with Gasteiger partial charge < -0.3 is 18.7 Å². The maximum absolute atomic E-state index is 6.04. The van der Waals surface area contributed by atoms with Crippen LogP contribution in [0.1, 0.15) is 44.3 Å². The van der Waals surface area contributed by atoms with E-state index < -0.39 is 0 Å². The minimum absolute atomic E-state index is 0.0746. The van der Waals surface area contributed by atoms with Crippen LogP contribution in [0, 0.1) is 0 Å². The highest BCUT2D eigenvalue weighted by Gasteiger charge is 2.34. The van der Waals surface area contributed by atoms with Crippen molar-refractivity contribution in [3.8, 4) is 0 Å². The zero-order valence-electron chi connectivity index (χ0n) is 14.3. The lowest BCUT2D eigenvalue weighted by Gasteiger charge is -2.42. The molecule has 3 heterocycles. The summed E-state index contributed by atoms with van der Waals surface area (Å²) in [6, 6.07) is 0. The molecule has 0 aromatic carbocycles. The quantitative estimate of drug-likeness (QED) is 0.814. The molecule has 0 N–H and O–H groups in total. The van der Waals surface area contributed by atoms with Gasteiger partial charge in [-0.25, -0.2) is 0 Å². The van der Waals surface area contributed by atoms with Crippen molar-refractivity contribution in [1.82, 2.24) is 15.0 Å². The molecular weight excluding hydrogens is 298 g/mol. The second-order valence-corrected chi connectivity index (χ2v) is 7.06. The largest absolute Gasteiger partial charge is 0.382 e. The fourth-order valence-electron chi connectivity index (χ4n) is 3.45. The Morgan fingerprint density at radius 2 is 2.09 bits per heavy atom. The van der Waals surface area contributed by atoms with E-state index in [1.165, 1.54) is 0 Å². The van der Waals surface area contributed by atoms with Crippen LogP contribution in [0.25, 0.3) is 0 Å². The van der Waals surface area contributed by atoms with Crippen LogP contribution < -0.4 is 0 Å². The van der Waals surface area contributed by atoms with Gasteiger partial charge in [0.05, 0.1) is 24.9 Å². The van der Waals surface area contributed by atoms with Gasteiger partial charge in [-0.15, -0.1) is 0 Å². The normalized spacial score (nSPS) is 26.5. The monoisotopic (exact) mass is 325 g/mol. The minimum atomic E-state index is -0.200. The molecule has 1 atom stereocenters. The summed E-state index contributed by atoms with van der Waals surface area (Å²) in [5.74, 6) is 1.84. The SMILES string of the molecule is COCC1CN(Cc2noc(C3CCOCC3)n2)CC(C)(C)O1. The first-order valence-corrected chi connectivity index (χ1v) is 8.35. The van der Waals surface area contributed by atoms with Crippen LogP contribution >= 0.6 is 0 Å². The summed E-state index contributed by atoms with van der Waals surface area (Å²) >= 11 is 0. The van der Waals surface area contributed by atoms with Crippen molar-refractivity contribution in [2.45, 2.75) is 50.9 Å². The van der Waals surface area contributed by atoms with Crippen LogP contribution in [0.15, 0.2) is 4.52 Å². The lowest BCUT2D eigenvalue weighted by molar-refractivity contribution is -0.154. The number of aromatic nitrogens is 2. The molecule has 2 aliphatic heterocycles. The summed E-state index contributed by atoms with van der Waals surface area (Å²) in [4.78, 5) is 6.91. The van der Waals surface area contributed by atoms with Gasteiger partial charge in [-0.2, -0.15) is 4.98 Å². The number of nitrogens with zero attached hydrogens (tertiary/aromatic N) is 3. The first-order chi connectivity index (χ1) is 11.1. The Kier molecular flexibility index (Phi) is 5.31. The Hall–Kier alpha value is -1.02. The molecule has 130 valence electrons. The summed E-state index contributed by atoms with van der Waals surface area (Å²) in [7, 11) is 1.70. The molecule has 0 bridgehead atoms. The minimum Gasteiger partial charge on any atom is -0.382 e. The Morgan fingerprint density at radius 3 is 2.83 bits per heavy atom. The number of morpholine rings is 1. The molecule has 2 saturated heterocycles. The van der Waals surface area contributed by atoms with Gasteiger partial charge >= 0.3 is 0 Å². The summed E-state index contributed by atoms with van der Waals surface area (Å²) in [5, 5.41) is 4.16. The molecule has 1 aromatic heterocycles. The van der Waals surface area contributed by atoms with Crippen molar-refractivity contribution in [3.05, 3.63) is 11.7 Å². The summed E-state index contributed by atoms with van der Waals surface area (Å²) in [5.41, 5.74) is -0.200. The molecular formula is C16H27N3O4. The van der Waals surface area contributed by atoms with Crippen molar-refractivity contribution in [3.63, 3.8) is 0 Å². The van der Waals surface area contributed by atoms with Gasteiger partial charge in [-0.1, -0.05) is 5.16 Å². The lowest BCUT2D eigenvalue weighted by Crippen LogP contribution is -2.53. The van der Waals surface area contributed by atoms with Crippen molar-refractivity contribution in [2.24, 2.45) is 0 Å². The van der Waals surface area contributed by atoms with Crippen molar-refractivity contribution in [1.29, 1.82) is 0 Å². The maximum atomic E-state index is 6.04. The second kappa shape index (κ2) is 7.25. The van der Waals surface area contributed by atoms with E-state index in [0.29, 0.717) is 19.1 Å². The first kappa shape index (κ1) is 16.8. The van der Waals surface area contributed by atoms with Crippen molar-refractivity contribution in [2.75, 3.05) is 40.0 Å². The Bertz CT molecular complexity index is 499. The van der Waals surface area contributed by atoms with Gasteiger partial charge in [-0.05, 0) is 26.7 Å². The van der Waals surface area contributed by atoms with E-state index >= 15 is 0 Å². The predicted molar refractivity (Wildman–Crippen MR) is 83.2 cm³/mol. The molecule has 0 radical (unpaired) electrons. The van der Waals surface area contributed by atoms with Gasteiger partial charge in [0.1, 0.15) is 0 Å². The highest BCUT2D eigenvalue weighted by atomic mass is 16.5. The maximum Gasteiger partial charge on any atom is 0.229 e. The number of rotatable bonds is 5. The van der Waals surface area contributed by atoms with Crippen molar-refractivity contribution < 1.29 is 18.7 Å². The molecule has 0 spiro atoms. The summed E-state index contributed by atoms with van der Waals surface area (Å²) in [6.45, 7) is 8.69. The highest BCUT2D eigenvalue weighted by molar-refractivity contribution is 4.96. The number of methoxy groups -OCH3 is 1. The topological polar surface area (TPSA) is 69.9 Å². The average Bonchev–Trinajstić information content (AvgIpc) is 2.95. The molecule has 7 heteroatoms. The highest BCUT2D eigenvalue weighted by Crippen LogP contribution is 2.26. The van der Waals surface area contributed by atoms with Crippen molar-refractivity contribution >= 4 is 0 Å². The van der Waals surface area contributed by atoms with E-state index in [1.54, 1.807) is 7.11 Å². The van der Waals surface area contributed by atoms with Crippen LogP contribution in [-0.2, 0) is 20.8 Å². The number of hydrogen-bond acceptors (Lipinski definition) is 7. The zero-order valence-corrected chi connectivity index (χ0v) is 14.3. The first-order valence-electron chi connectivity index (χ1n) is 8.35. The molecule has 7 nitrogen and oxygen atoms in total. The lowest BCUT2D eigenvalue weighted by atomic mass is 10.0. The second-order valence-electron chi connectivity index (χ2n) is 7.06. The molecule has 0 aliphatic carbocycles. The smallest absolute Gasteiger partial charge is 0.229 e. The molecule has 1 unspecified atom stereocenters. The van der Waals surface area contributed by atoms with E-state index in [0.717, 1.165) is 50.9 Å². The van der Waals surface area contributed by atoms with E-state index in [9.17, 15) is 0 Å². The zero-order chi connectivity index (χ0) is 16.3. The van der Waals surface area contributed by atoms with Crippen LogP contribution in [-0.4, -0.2) is 66.8 Å². The van der Waals surface area contributed by atoms with Gasteiger partial charge in [-0.3, -0.25) is 4.90 Å². The van der Waals surface area contributed by atoms with Gasteiger partial charge in [0.2, 0.25) is 5.89 Å². The Morgan fingerprint density at radius 1 is 1.30 bits per heavy atom. The van der Waals surface area contributed by atoms with E-state index in [4.69, 9.17) is 18.7 Å². The fraction of sp³-hybridized carbons (Fsp3) is 0.875. The molecule has 23 heavy (non-hydrogen) atoms. The van der Waals surface area contributed by atoms with Gasteiger partial charge in [0, 0.05) is 39.3 Å². The third-order valence-corrected chi connectivity index (χ3v) is 4.32. The molecule has 0 amide bonds. The Labute approximate surface area is 137 Å². The molecule has 2 aliphatic rings. The molecule has 2 fully saturated rings. The third-order valence-electron chi connectivity index (χ3n) is 4.32. The number of ether oxygens (including phenoxy) is 3. The predicted octanol–water partition coefficient (Wildman–Crippen LogP) is 1.59. The summed E-state index contributed by atoms with van der Waals surface area (Å²) < 4.78 is 22.1. The number of hydrogen-bond donors (Lipinski definition) is 0. The van der Waals surface area contributed by atoms with Crippen LogP contribution in [0.4, 0.5) is 0 Å². The van der Waals surface area contributed by atoms with E-state index in [1.807, 2.05) is 0 Å². The summed E-state index contributed by atoms with van der Waals surface area (Å²) in [6.07, 6.45) is 2.00.